The highest BCUT2D eigenvalue weighted by molar-refractivity contribution is 6.32. The Bertz CT molecular complexity index is 887. The fourth-order valence-corrected chi connectivity index (χ4v) is 2.54. The van der Waals surface area contributed by atoms with Crippen molar-refractivity contribution in [2.45, 2.75) is 6.92 Å². The first-order chi connectivity index (χ1) is 10.1. The number of hydrogen-bond donors (Lipinski definition) is 1. The lowest BCUT2D eigenvalue weighted by Crippen LogP contribution is -2.09. The summed E-state index contributed by atoms with van der Waals surface area (Å²) in [6.45, 7) is 1.76. The van der Waals surface area contributed by atoms with Gasteiger partial charge < -0.3 is 9.72 Å². The monoisotopic (exact) mass is 300 g/mol. The first kappa shape index (κ1) is 13.6. The molecule has 1 N–H and O–H groups in total. The van der Waals surface area contributed by atoms with Gasteiger partial charge in [-0.1, -0.05) is 23.7 Å². The average Bonchev–Trinajstić information content (AvgIpc) is 2.46. The van der Waals surface area contributed by atoms with Crippen LogP contribution in [-0.2, 0) is 0 Å². The van der Waals surface area contributed by atoms with E-state index < -0.39 is 0 Å². The number of ether oxygens (including phenoxy) is 1. The quantitative estimate of drug-likeness (QED) is 0.787. The van der Waals surface area contributed by atoms with Crippen LogP contribution in [0, 0.1) is 6.92 Å². The number of nitrogens with zero attached hydrogens (tertiary/aromatic N) is 1. The fourth-order valence-electron chi connectivity index (χ4n) is 2.28. The molecule has 0 atom stereocenters. The van der Waals surface area contributed by atoms with Crippen LogP contribution in [0.15, 0.2) is 41.2 Å². The SMILES string of the molecule is COc1ccc(-c2ccc3nc(C)[nH]c(=O)c3c2)cc1Cl. The summed E-state index contributed by atoms with van der Waals surface area (Å²) in [6.07, 6.45) is 0. The van der Waals surface area contributed by atoms with Crippen molar-refractivity contribution in [3.8, 4) is 16.9 Å². The molecule has 0 saturated carbocycles. The molecular formula is C16H13ClN2O2. The number of nitrogens with one attached hydrogen (secondary N) is 1. The molecule has 1 heterocycles. The molecule has 0 aliphatic heterocycles. The largest absolute Gasteiger partial charge is 0.495 e. The Morgan fingerprint density at radius 2 is 1.86 bits per heavy atom. The zero-order valence-electron chi connectivity index (χ0n) is 11.6. The smallest absolute Gasteiger partial charge is 0.258 e. The van der Waals surface area contributed by atoms with Gasteiger partial charge in [0.15, 0.2) is 0 Å². The van der Waals surface area contributed by atoms with Crippen LogP contribution in [0.3, 0.4) is 0 Å². The Labute approximate surface area is 126 Å². The van der Waals surface area contributed by atoms with E-state index in [2.05, 4.69) is 9.97 Å². The van der Waals surface area contributed by atoms with Crippen LogP contribution in [0.5, 0.6) is 5.75 Å². The first-order valence-electron chi connectivity index (χ1n) is 6.43. The normalized spacial score (nSPS) is 10.8. The minimum absolute atomic E-state index is 0.140. The highest BCUT2D eigenvalue weighted by Crippen LogP contribution is 2.30. The second kappa shape index (κ2) is 5.22. The molecule has 0 spiro atoms. The third-order valence-electron chi connectivity index (χ3n) is 3.31. The third-order valence-corrected chi connectivity index (χ3v) is 3.60. The molecular weight excluding hydrogens is 288 g/mol. The summed E-state index contributed by atoms with van der Waals surface area (Å²) < 4.78 is 5.14. The van der Waals surface area contributed by atoms with E-state index in [9.17, 15) is 4.79 Å². The van der Waals surface area contributed by atoms with E-state index in [0.29, 0.717) is 27.5 Å². The van der Waals surface area contributed by atoms with Gasteiger partial charge in [0, 0.05) is 0 Å². The summed E-state index contributed by atoms with van der Waals surface area (Å²) in [4.78, 5) is 19.0. The van der Waals surface area contributed by atoms with Crippen LogP contribution in [0.4, 0.5) is 0 Å². The van der Waals surface area contributed by atoms with Crippen LogP contribution >= 0.6 is 11.6 Å². The maximum Gasteiger partial charge on any atom is 0.258 e. The molecule has 0 radical (unpaired) electrons. The van der Waals surface area contributed by atoms with Gasteiger partial charge >= 0.3 is 0 Å². The third kappa shape index (κ3) is 2.50. The number of aryl methyl sites for hydroxylation is 1. The van der Waals surface area contributed by atoms with Crippen LogP contribution < -0.4 is 10.3 Å². The van der Waals surface area contributed by atoms with Crippen molar-refractivity contribution in [1.29, 1.82) is 0 Å². The molecule has 106 valence electrons. The summed E-state index contributed by atoms with van der Waals surface area (Å²) in [6, 6.07) is 11.1. The first-order valence-corrected chi connectivity index (χ1v) is 6.81. The van der Waals surface area contributed by atoms with Gasteiger partial charge in [0.2, 0.25) is 0 Å². The number of aromatic amines is 1. The molecule has 3 rings (SSSR count). The summed E-state index contributed by atoms with van der Waals surface area (Å²) in [5, 5.41) is 1.09. The summed E-state index contributed by atoms with van der Waals surface area (Å²) in [5.74, 6) is 1.23. The molecule has 21 heavy (non-hydrogen) atoms. The van der Waals surface area contributed by atoms with Crippen molar-refractivity contribution >= 4 is 22.5 Å². The van der Waals surface area contributed by atoms with Crippen molar-refractivity contribution < 1.29 is 4.74 Å². The Morgan fingerprint density at radius 1 is 1.14 bits per heavy atom. The summed E-state index contributed by atoms with van der Waals surface area (Å²) in [5.41, 5.74) is 2.37. The highest BCUT2D eigenvalue weighted by Gasteiger charge is 2.07. The Hall–Kier alpha value is -2.33. The summed E-state index contributed by atoms with van der Waals surface area (Å²) >= 11 is 6.14. The second-order valence-electron chi connectivity index (χ2n) is 4.73. The van der Waals surface area contributed by atoms with E-state index in [1.54, 1.807) is 20.1 Å². The molecule has 0 amide bonds. The maximum absolute atomic E-state index is 12.0. The maximum atomic E-state index is 12.0. The lowest BCUT2D eigenvalue weighted by atomic mass is 10.0. The van der Waals surface area contributed by atoms with E-state index >= 15 is 0 Å². The van der Waals surface area contributed by atoms with Crippen LogP contribution in [0.1, 0.15) is 5.82 Å². The fraction of sp³-hybridized carbons (Fsp3) is 0.125. The lowest BCUT2D eigenvalue weighted by molar-refractivity contribution is 0.415. The Morgan fingerprint density at radius 3 is 2.57 bits per heavy atom. The number of rotatable bonds is 2. The zero-order chi connectivity index (χ0) is 15.0. The van der Waals surface area contributed by atoms with Crippen LogP contribution in [-0.4, -0.2) is 17.1 Å². The standard InChI is InChI=1S/C16H13ClN2O2/c1-9-18-14-5-3-10(7-12(14)16(20)19-9)11-4-6-15(21-2)13(17)8-11/h3-8H,1-2H3,(H,18,19,20). The van der Waals surface area contributed by atoms with Crippen molar-refractivity contribution in [1.82, 2.24) is 9.97 Å². The topological polar surface area (TPSA) is 55.0 Å². The van der Waals surface area contributed by atoms with E-state index in [1.807, 2.05) is 30.3 Å². The van der Waals surface area contributed by atoms with Crippen molar-refractivity contribution in [3.05, 3.63) is 57.6 Å². The molecule has 0 unspecified atom stereocenters. The molecule has 4 nitrogen and oxygen atoms in total. The molecule has 1 aromatic heterocycles. The van der Waals surface area contributed by atoms with Gasteiger partial charge in [-0.3, -0.25) is 4.79 Å². The van der Waals surface area contributed by atoms with E-state index in [4.69, 9.17) is 16.3 Å². The van der Waals surface area contributed by atoms with Crippen molar-refractivity contribution in [2.75, 3.05) is 7.11 Å². The number of H-pyrrole nitrogens is 1. The molecule has 2 aromatic carbocycles. The number of halogens is 1. The lowest BCUT2D eigenvalue weighted by Gasteiger charge is -2.07. The van der Waals surface area contributed by atoms with Gasteiger partial charge in [0.25, 0.3) is 5.56 Å². The van der Waals surface area contributed by atoms with Gasteiger partial charge in [0.05, 0.1) is 23.0 Å². The van der Waals surface area contributed by atoms with Crippen molar-refractivity contribution in [2.24, 2.45) is 0 Å². The van der Waals surface area contributed by atoms with Gasteiger partial charge in [-0.15, -0.1) is 0 Å². The minimum atomic E-state index is -0.140. The minimum Gasteiger partial charge on any atom is -0.495 e. The van der Waals surface area contributed by atoms with Gasteiger partial charge in [-0.25, -0.2) is 4.98 Å². The van der Waals surface area contributed by atoms with Gasteiger partial charge in [-0.05, 0) is 42.3 Å². The molecule has 0 aliphatic rings. The molecule has 0 saturated heterocycles. The van der Waals surface area contributed by atoms with Crippen LogP contribution in [0.2, 0.25) is 5.02 Å². The molecule has 0 aliphatic carbocycles. The predicted molar refractivity (Wildman–Crippen MR) is 84.1 cm³/mol. The predicted octanol–water partition coefficient (Wildman–Crippen LogP) is 3.56. The number of benzene rings is 2. The Balaban J connectivity index is 2.17. The molecule has 0 fully saturated rings. The zero-order valence-corrected chi connectivity index (χ0v) is 12.4. The number of aromatic nitrogens is 2. The Kier molecular flexibility index (Phi) is 3.39. The number of methoxy groups -OCH3 is 1. The van der Waals surface area contributed by atoms with E-state index in [-0.39, 0.29) is 5.56 Å². The number of hydrogen-bond acceptors (Lipinski definition) is 3. The molecule has 3 aromatic rings. The van der Waals surface area contributed by atoms with E-state index in [1.165, 1.54) is 0 Å². The van der Waals surface area contributed by atoms with Crippen molar-refractivity contribution in [3.63, 3.8) is 0 Å². The van der Waals surface area contributed by atoms with E-state index in [0.717, 1.165) is 11.1 Å². The second-order valence-corrected chi connectivity index (χ2v) is 5.14. The number of fused-ring (bicyclic) bond motifs is 1. The molecule has 5 heteroatoms. The van der Waals surface area contributed by atoms with Gasteiger partial charge in [0.1, 0.15) is 11.6 Å². The molecule has 0 bridgehead atoms. The van der Waals surface area contributed by atoms with Crippen LogP contribution in [0.25, 0.3) is 22.0 Å². The highest BCUT2D eigenvalue weighted by atomic mass is 35.5. The summed E-state index contributed by atoms with van der Waals surface area (Å²) in [7, 11) is 1.57. The average molecular weight is 301 g/mol. The van der Waals surface area contributed by atoms with Gasteiger partial charge in [-0.2, -0.15) is 0 Å².